The van der Waals surface area contributed by atoms with Crippen LogP contribution in [0.15, 0.2) is 12.1 Å². The number of hydrogen-bond donors (Lipinski definition) is 1. The molecule has 0 unspecified atom stereocenters. The summed E-state index contributed by atoms with van der Waals surface area (Å²) in [5.74, 6) is 0.818. The fraction of sp³-hybridized carbons (Fsp3) is 0.650. The summed E-state index contributed by atoms with van der Waals surface area (Å²) in [6.45, 7) is 13.3. The van der Waals surface area contributed by atoms with Crippen LogP contribution >= 0.6 is 0 Å². The average molecular weight is 335 g/mol. The molecule has 24 heavy (non-hydrogen) atoms. The summed E-state index contributed by atoms with van der Waals surface area (Å²) in [6.07, 6.45) is 3.68. The highest BCUT2D eigenvalue weighted by Crippen LogP contribution is 2.28. The molecule has 0 radical (unpaired) electrons. The zero-order valence-corrected chi connectivity index (χ0v) is 16.1. The maximum Gasteiger partial charge on any atom is 0.256 e. The van der Waals surface area contributed by atoms with Crippen molar-refractivity contribution in [1.82, 2.24) is 0 Å². The molecule has 0 heterocycles. The van der Waals surface area contributed by atoms with Gasteiger partial charge in [0.2, 0.25) is 0 Å². The topological polar surface area (TPSA) is 47.6 Å². The molecule has 4 nitrogen and oxygen atoms in total. The first-order valence-corrected chi connectivity index (χ1v) is 9.07. The Morgan fingerprint density at radius 1 is 1.08 bits per heavy atom. The second kappa shape index (κ2) is 9.67. The highest BCUT2D eigenvalue weighted by atomic mass is 16.5. The van der Waals surface area contributed by atoms with Crippen LogP contribution in [0.4, 0.5) is 5.69 Å². The molecule has 0 aliphatic heterocycles. The van der Waals surface area contributed by atoms with E-state index in [9.17, 15) is 4.79 Å². The van der Waals surface area contributed by atoms with Gasteiger partial charge in [-0.15, -0.1) is 0 Å². The lowest BCUT2D eigenvalue weighted by Gasteiger charge is -2.27. The van der Waals surface area contributed by atoms with Gasteiger partial charge < -0.3 is 14.8 Å². The van der Waals surface area contributed by atoms with Crippen LogP contribution < -0.4 is 10.1 Å². The lowest BCUT2D eigenvalue weighted by Crippen LogP contribution is -2.42. The van der Waals surface area contributed by atoms with Gasteiger partial charge >= 0.3 is 0 Å². The van der Waals surface area contributed by atoms with Crippen LogP contribution in [-0.4, -0.2) is 24.7 Å². The van der Waals surface area contributed by atoms with Crippen LogP contribution in [0.3, 0.4) is 0 Å². The van der Waals surface area contributed by atoms with E-state index in [-0.39, 0.29) is 5.91 Å². The van der Waals surface area contributed by atoms with E-state index < -0.39 is 5.60 Å². The number of ether oxygens (including phenoxy) is 2. The van der Waals surface area contributed by atoms with Gasteiger partial charge in [-0.05, 0) is 63.3 Å². The van der Waals surface area contributed by atoms with Crippen LogP contribution in [0.1, 0.15) is 64.5 Å². The minimum absolute atomic E-state index is 0.100. The third-order valence-electron chi connectivity index (χ3n) is 4.24. The smallest absolute Gasteiger partial charge is 0.256 e. The Hall–Kier alpha value is -1.55. The van der Waals surface area contributed by atoms with Gasteiger partial charge in [0.15, 0.2) is 0 Å². The van der Waals surface area contributed by atoms with Crippen molar-refractivity contribution in [3.8, 4) is 5.75 Å². The maximum absolute atomic E-state index is 12.6. The molecule has 4 heteroatoms. The third-order valence-corrected chi connectivity index (χ3v) is 4.24. The molecule has 0 spiro atoms. The van der Waals surface area contributed by atoms with Gasteiger partial charge in [-0.2, -0.15) is 0 Å². The zero-order chi connectivity index (χ0) is 18.2. The van der Waals surface area contributed by atoms with Crippen LogP contribution in [0, 0.1) is 13.8 Å². The van der Waals surface area contributed by atoms with Crippen LogP contribution in [0.25, 0.3) is 0 Å². The predicted molar refractivity (Wildman–Crippen MR) is 99.9 cm³/mol. The Balaban J connectivity index is 2.86. The number of anilines is 1. The van der Waals surface area contributed by atoms with Crippen LogP contribution in [0.5, 0.6) is 5.75 Å². The van der Waals surface area contributed by atoms with Gasteiger partial charge in [-0.3, -0.25) is 4.79 Å². The largest absolute Gasteiger partial charge is 0.493 e. The van der Waals surface area contributed by atoms with Crippen molar-refractivity contribution < 1.29 is 14.3 Å². The molecular formula is C20H33NO3. The number of hydrogen-bond acceptors (Lipinski definition) is 3. The molecule has 0 saturated heterocycles. The van der Waals surface area contributed by atoms with Gasteiger partial charge in [0.05, 0.1) is 6.61 Å². The summed E-state index contributed by atoms with van der Waals surface area (Å²) < 4.78 is 11.6. The van der Waals surface area contributed by atoms with E-state index >= 15 is 0 Å². The molecule has 0 aliphatic rings. The lowest BCUT2D eigenvalue weighted by atomic mass is 10.0. The van der Waals surface area contributed by atoms with Crippen LogP contribution in [0.2, 0.25) is 0 Å². The van der Waals surface area contributed by atoms with Crippen LogP contribution in [-0.2, 0) is 9.53 Å². The fourth-order valence-electron chi connectivity index (χ4n) is 2.49. The van der Waals surface area contributed by atoms with Crippen molar-refractivity contribution in [2.45, 2.75) is 72.8 Å². The molecule has 1 atom stereocenters. The van der Waals surface area contributed by atoms with Crippen molar-refractivity contribution in [3.63, 3.8) is 0 Å². The van der Waals surface area contributed by atoms with E-state index in [1.165, 1.54) is 0 Å². The monoisotopic (exact) mass is 335 g/mol. The van der Waals surface area contributed by atoms with Gasteiger partial charge in [0, 0.05) is 12.3 Å². The van der Waals surface area contributed by atoms with Gasteiger partial charge in [-0.25, -0.2) is 0 Å². The Morgan fingerprint density at radius 2 is 1.71 bits per heavy atom. The van der Waals surface area contributed by atoms with E-state index in [2.05, 4.69) is 12.2 Å². The molecule has 1 aromatic carbocycles. The van der Waals surface area contributed by atoms with Gasteiger partial charge in [0.25, 0.3) is 5.91 Å². The normalized spacial score (nSPS) is 13.4. The highest BCUT2D eigenvalue weighted by Gasteiger charge is 2.32. The van der Waals surface area contributed by atoms with E-state index in [1.807, 2.05) is 46.8 Å². The van der Waals surface area contributed by atoms with Crippen molar-refractivity contribution in [1.29, 1.82) is 0 Å². The zero-order valence-electron chi connectivity index (χ0n) is 16.1. The minimum atomic E-state index is -0.798. The summed E-state index contributed by atoms with van der Waals surface area (Å²) in [5, 5.41) is 3.00. The van der Waals surface area contributed by atoms with E-state index in [0.29, 0.717) is 13.0 Å². The molecular weight excluding hydrogens is 302 g/mol. The van der Waals surface area contributed by atoms with Crippen molar-refractivity contribution in [3.05, 3.63) is 23.3 Å². The van der Waals surface area contributed by atoms with E-state index in [1.54, 1.807) is 0 Å². The quantitative estimate of drug-likeness (QED) is 0.611. The molecule has 0 saturated carbocycles. The van der Waals surface area contributed by atoms with Crippen molar-refractivity contribution >= 4 is 11.6 Å². The molecule has 0 fully saturated rings. The Bertz CT molecular complexity index is 519. The summed E-state index contributed by atoms with van der Waals surface area (Å²) in [5.41, 5.74) is 2.06. The second-order valence-corrected chi connectivity index (χ2v) is 6.53. The molecule has 0 aliphatic carbocycles. The standard InChI is InChI=1S/C20H33NO3/c1-7-10-12-23-18-15(4)13-17(14-16(18)5)21-19(22)20(6,9-3)24-11-8-2/h13-14H,7-12H2,1-6H3,(H,21,22)/t20-/m1/s1. The Labute approximate surface area is 146 Å². The number of amides is 1. The number of aryl methyl sites for hydroxylation is 2. The first-order valence-electron chi connectivity index (χ1n) is 9.07. The molecule has 136 valence electrons. The van der Waals surface area contributed by atoms with Crippen molar-refractivity contribution in [2.24, 2.45) is 0 Å². The van der Waals surface area contributed by atoms with Crippen molar-refractivity contribution in [2.75, 3.05) is 18.5 Å². The summed E-state index contributed by atoms with van der Waals surface area (Å²) in [7, 11) is 0. The summed E-state index contributed by atoms with van der Waals surface area (Å²) >= 11 is 0. The Morgan fingerprint density at radius 3 is 2.21 bits per heavy atom. The lowest BCUT2D eigenvalue weighted by molar-refractivity contribution is -0.139. The first-order chi connectivity index (χ1) is 11.4. The third kappa shape index (κ3) is 5.52. The van der Waals surface area contributed by atoms with Gasteiger partial charge in [0.1, 0.15) is 11.4 Å². The van der Waals surface area contributed by atoms with E-state index in [0.717, 1.165) is 48.4 Å². The summed E-state index contributed by atoms with van der Waals surface area (Å²) in [6, 6.07) is 3.92. The number of unbranched alkanes of at least 4 members (excludes halogenated alkanes) is 1. The maximum atomic E-state index is 12.6. The second-order valence-electron chi connectivity index (χ2n) is 6.53. The molecule has 0 bridgehead atoms. The first kappa shape index (κ1) is 20.5. The summed E-state index contributed by atoms with van der Waals surface area (Å²) in [4.78, 5) is 12.6. The predicted octanol–water partition coefficient (Wildman–Crippen LogP) is 5.02. The highest BCUT2D eigenvalue weighted by molar-refractivity contribution is 5.97. The molecule has 0 aromatic heterocycles. The van der Waals surface area contributed by atoms with E-state index in [4.69, 9.17) is 9.47 Å². The molecule has 1 amide bonds. The van der Waals surface area contributed by atoms with Gasteiger partial charge in [-0.1, -0.05) is 27.2 Å². The molecule has 1 aromatic rings. The number of rotatable bonds is 10. The fourth-order valence-corrected chi connectivity index (χ4v) is 2.49. The number of carbonyl (C=O) groups excluding carboxylic acids is 1. The number of carbonyl (C=O) groups is 1. The SMILES string of the molecule is CCCCOc1c(C)cc(NC(=O)[C@@](C)(CC)OCCC)cc1C. The molecule has 1 N–H and O–H groups in total. The number of benzene rings is 1. The number of nitrogens with one attached hydrogen (secondary N) is 1. The average Bonchev–Trinajstić information content (AvgIpc) is 2.55. The molecule has 1 rings (SSSR count). The Kier molecular flexibility index (Phi) is 8.26. The minimum Gasteiger partial charge on any atom is -0.493 e.